The smallest absolute Gasteiger partial charge is 0.186 e. The molecule has 0 atom stereocenters. The van der Waals surface area contributed by atoms with Gasteiger partial charge in [0, 0.05) is 6.07 Å². The summed E-state index contributed by atoms with van der Waals surface area (Å²) in [6, 6.07) is 4.53. The van der Waals surface area contributed by atoms with Gasteiger partial charge in [-0.3, -0.25) is 5.10 Å². The summed E-state index contributed by atoms with van der Waals surface area (Å²) in [5.41, 5.74) is 7.93. The summed E-state index contributed by atoms with van der Waals surface area (Å²) < 4.78 is 15.2. The van der Waals surface area contributed by atoms with Gasteiger partial charge < -0.3 is 5.73 Å². The highest BCUT2D eigenvalue weighted by Gasteiger charge is 2.18. The topological polar surface area (TPSA) is 72.5 Å². The predicted molar refractivity (Wildman–Crippen MR) is 81.1 cm³/mol. The second kappa shape index (κ2) is 5.04. The first kappa shape index (κ1) is 13.9. The van der Waals surface area contributed by atoms with Crippen molar-refractivity contribution in [2.45, 2.75) is 20.3 Å². The maximum Gasteiger partial charge on any atom is 0.186 e. The Morgan fingerprint density at radius 3 is 2.86 bits per heavy atom. The highest BCUT2D eigenvalue weighted by Crippen LogP contribution is 2.27. The number of aromatic nitrogens is 4. The third-order valence-corrected chi connectivity index (χ3v) is 3.54. The van der Waals surface area contributed by atoms with Crippen molar-refractivity contribution in [3.05, 3.63) is 34.7 Å². The summed E-state index contributed by atoms with van der Waals surface area (Å²) in [6.45, 7) is 4.20. The number of nitrogens with one attached hydrogen (secondary N) is 1. The van der Waals surface area contributed by atoms with E-state index in [9.17, 15) is 4.39 Å². The second-order valence-electron chi connectivity index (χ2n) is 5.39. The van der Waals surface area contributed by atoms with E-state index in [0.717, 1.165) is 17.5 Å². The summed E-state index contributed by atoms with van der Waals surface area (Å²) in [6.07, 6.45) is 0.767. The molecule has 0 unspecified atom stereocenters. The fraction of sp³-hybridized carbons (Fsp3) is 0.286. The zero-order valence-electron chi connectivity index (χ0n) is 11.7. The van der Waals surface area contributed by atoms with E-state index >= 15 is 0 Å². The molecular weight excluding hydrogens is 293 g/mol. The molecule has 0 amide bonds. The Morgan fingerprint density at radius 2 is 2.19 bits per heavy atom. The number of hydrogen-bond acceptors (Lipinski definition) is 3. The van der Waals surface area contributed by atoms with Gasteiger partial charge in [0.05, 0.1) is 21.8 Å². The van der Waals surface area contributed by atoms with Crippen molar-refractivity contribution in [2.24, 2.45) is 5.92 Å². The van der Waals surface area contributed by atoms with Crippen LogP contribution in [0.3, 0.4) is 0 Å². The molecule has 7 heteroatoms. The van der Waals surface area contributed by atoms with Crippen molar-refractivity contribution in [1.29, 1.82) is 0 Å². The van der Waals surface area contributed by atoms with Crippen LogP contribution in [-0.2, 0) is 6.42 Å². The lowest BCUT2D eigenvalue weighted by molar-refractivity contribution is 0.621. The van der Waals surface area contributed by atoms with Gasteiger partial charge in [0.25, 0.3) is 0 Å². The highest BCUT2D eigenvalue weighted by molar-refractivity contribution is 6.30. The fourth-order valence-electron chi connectivity index (χ4n) is 2.33. The summed E-state index contributed by atoms with van der Waals surface area (Å²) >= 11 is 5.72. The molecule has 0 saturated carbocycles. The zero-order valence-corrected chi connectivity index (χ0v) is 12.4. The van der Waals surface area contributed by atoms with Gasteiger partial charge in [-0.15, -0.1) is 0 Å². The molecule has 3 N–H and O–H groups in total. The average Bonchev–Trinajstić information content (AvgIpc) is 2.95. The van der Waals surface area contributed by atoms with Crippen molar-refractivity contribution >= 4 is 28.5 Å². The third-order valence-electron chi connectivity index (χ3n) is 3.23. The van der Waals surface area contributed by atoms with Crippen LogP contribution in [0.5, 0.6) is 0 Å². The molecule has 0 aliphatic heterocycles. The van der Waals surface area contributed by atoms with E-state index in [1.807, 2.05) is 0 Å². The monoisotopic (exact) mass is 307 g/mol. The van der Waals surface area contributed by atoms with Crippen LogP contribution in [-0.4, -0.2) is 20.0 Å². The molecule has 2 aromatic heterocycles. The molecule has 0 aliphatic carbocycles. The van der Waals surface area contributed by atoms with Crippen LogP contribution in [0.1, 0.15) is 19.5 Å². The number of H-pyrrole nitrogens is 1. The molecule has 3 rings (SSSR count). The summed E-state index contributed by atoms with van der Waals surface area (Å²) in [5, 5.41) is 12.3. The molecule has 0 saturated heterocycles. The van der Waals surface area contributed by atoms with Crippen molar-refractivity contribution in [3.63, 3.8) is 0 Å². The first-order valence-corrected chi connectivity index (χ1v) is 7.02. The number of nitrogens with two attached hydrogens (primary N) is 1. The SMILES string of the molecule is CC(C)Cc1nn(-c2ccc(Cl)c(F)c2)c2n[nH]c(N)c12. The number of fused-ring (bicyclic) bond motifs is 1. The quantitative estimate of drug-likeness (QED) is 0.779. The summed E-state index contributed by atoms with van der Waals surface area (Å²) in [7, 11) is 0. The highest BCUT2D eigenvalue weighted by atomic mass is 35.5. The van der Waals surface area contributed by atoms with Gasteiger partial charge in [0.1, 0.15) is 11.6 Å². The third kappa shape index (κ3) is 2.35. The van der Waals surface area contributed by atoms with Crippen molar-refractivity contribution in [1.82, 2.24) is 20.0 Å². The van der Waals surface area contributed by atoms with Gasteiger partial charge in [-0.25, -0.2) is 9.07 Å². The minimum Gasteiger partial charge on any atom is -0.383 e. The largest absolute Gasteiger partial charge is 0.383 e. The van der Waals surface area contributed by atoms with Gasteiger partial charge >= 0.3 is 0 Å². The maximum atomic E-state index is 13.7. The molecule has 3 aromatic rings. The minimum atomic E-state index is -0.494. The van der Waals surface area contributed by atoms with Crippen LogP contribution in [0.25, 0.3) is 16.7 Å². The lowest BCUT2D eigenvalue weighted by Gasteiger charge is -2.04. The number of benzene rings is 1. The van der Waals surface area contributed by atoms with Crippen LogP contribution in [0.15, 0.2) is 18.2 Å². The molecule has 5 nitrogen and oxygen atoms in total. The second-order valence-corrected chi connectivity index (χ2v) is 5.80. The Bertz CT molecular complexity index is 805. The Labute approximate surface area is 125 Å². The number of aromatic amines is 1. The first-order chi connectivity index (χ1) is 9.97. The molecule has 0 radical (unpaired) electrons. The Kier molecular flexibility index (Phi) is 3.33. The van der Waals surface area contributed by atoms with Crippen LogP contribution in [0.2, 0.25) is 5.02 Å². The van der Waals surface area contributed by atoms with Crippen LogP contribution >= 0.6 is 11.6 Å². The molecular formula is C14H15ClFN5. The number of halogens is 2. The number of nitrogen functional groups attached to an aromatic ring is 1. The van der Waals surface area contributed by atoms with Crippen LogP contribution in [0.4, 0.5) is 10.2 Å². The van der Waals surface area contributed by atoms with Gasteiger partial charge in [-0.05, 0) is 24.5 Å². The van der Waals surface area contributed by atoms with Crippen LogP contribution in [0, 0.1) is 11.7 Å². The van der Waals surface area contributed by atoms with Gasteiger partial charge in [0.2, 0.25) is 0 Å². The number of anilines is 1. The standard InChI is InChI=1S/C14H15ClFN5/c1-7(2)5-11-12-13(17)18-19-14(12)21(20-11)8-3-4-9(15)10(16)6-8/h3-4,6-7H,5H2,1-2H3,(H3,17,18,19). The first-order valence-electron chi connectivity index (χ1n) is 6.64. The van der Waals surface area contributed by atoms with E-state index in [1.165, 1.54) is 12.1 Å². The fourth-order valence-corrected chi connectivity index (χ4v) is 2.45. The van der Waals surface area contributed by atoms with E-state index in [0.29, 0.717) is 23.1 Å². The number of nitrogens with zero attached hydrogens (tertiary/aromatic N) is 3. The van der Waals surface area contributed by atoms with E-state index < -0.39 is 5.82 Å². The molecule has 0 fully saturated rings. The van der Waals surface area contributed by atoms with Crippen molar-refractivity contribution < 1.29 is 4.39 Å². The molecule has 0 aliphatic rings. The molecule has 1 aromatic carbocycles. The summed E-state index contributed by atoms with van der Waals surface area (Å²) in [4.78, 5) is 0. The lowest BCUT2D eigenvalue weighted by atomic mass is 10.1. The van der Waals surface area contributed by atoms with Gasteiger partial charge in [-0.2, -0.15) is 10.2 Å². The predicted octanol–water partition coefficient (Wildman–Crippen LogP) is 3.32. The van der Waals surface area contributed by atoms with Gasteiger partial charge in [-0.1, -0.05) is 25.4 Å². The normalized spacial score (nSPS) is 11.7. The van der Waals surface area contributed by atoms with E-state index in [1.54, 1.807) is 10.7 Å². The van der Waals surface area contributed by atoms with Gasteiger partial charge in [0.15, 0.2) is 5.65 Å². The zero-order chi connectivity index (χ0) is 15.1. The van der Waals surface area contributed by atoms with Crippen molar-refractivity contribution in [2.75, 3.05) is 5.73 Å². The van der Waals surface area contributed by atoms with Crippen molar-refractivity contribution in [3.8, 4) is 5.69 Å². The molecule has 110 valence electrons. The maximum absolute atomic E-state index is 13.7. The average molecular weight is 308 g/mol. The molecule has 21 heavy (non-hydrogen) atoms. The Morgan fingerprint density at radius 1 is 1.43 bits per heavy atom. The molecule has 2 heterocycles. The number of hydrogen-bond donors (Lipinski definition) is 2. The minimum absolute atomic E-state index is 0.0751. The molecule has 0 spiro atoms. The molecule has 0 bridgehead atoms. The van der Waals surface area contributed by atoms with Crippen LogP contribution < -0.4 is 5.73 Å². The number of rotatable bonds is 3. The lowest BCUT2D eigenvalue weighted by Crippen LogP contribution is -2.01. The summed E-state index contributed by atoms with van der Waals surface area (Å²) in [5.74, 6) is 0.404. The van der Waals surface area contributed by atoms with E-state index in [4.69, 9.17) is 17.3 Å². The van der Waals surface area contributed by atoms with E-state index in [-0.39, 0.29) is 5.02 Å². The van der Waals surface area contributed by atoms with E-state index in [2.05, 4.69) is 29.1 Å². The Hall–Kier alpha value is -2.08. The Balaban J connectivity index is 2.20.